The molecule has 0 amide bonds. The van der Waals surface area contributed by atoms with E-state index in [0.717, 1.165) is 61.4 Å². The Morgan fingerprint density at radius 1 is 1.38 bits per heavy atom. The molecule has 2 N–H and O–H groups in total. The molecule has 26 heavy (non-hydrogen) atoms. The lowest BCUT2D eigenvalue weighted by atomic mass is 10.0. The van der Waals surface area contributed by atoms with E-state index in [4.69, 9.17) is 0 Å². The summed E-state index contributed by atoms with van der Waals surface area (Å²) in [5.41, 5.74) is 1.97. The highest BCUT2D eigenvalue weighted by atomic mass is 79.9. The van der Waals surface area contributed by atoms with Gasteiger partial charge >= 0.3 is 0 Å². The molecule has 144 valence electrons. The highest BCUT2D eigenvalue weighted by Crippen LogP contribution is 2.16. The zero-order valence-corrected chi connectivity index (χ0v) is 17.4. The molecule has 0 radical (unpaired) electrons. The molecular weight excluding hydrogens is 395 g/mol. The SMILES string of the molecule is C=C(C)CN1CCC(NC(=NC)NCCCc2ccc(Br)cc2F)CC1. The lowest BCUT2D eigenvalue weighted by Gasteiger charge is -2.33. The Kier molecular flexibility index (Phi) is 8.59. The molecule has 4 nitrogen and oxygen atoms in total. The molecule has 1 heterocycles. The molecule has 1 aromatic carbocycles. The highest BCUT2D eigenvalue weighted by Gasteiger charge is 2.19. The summed E-state index contributed by atoms with van der Waals surface area (Å²) in [5, 5.41) is 6.85. The van der Waals surface area contributed by atoms with Crippen LogP contribution in [0.2, 0.25) is 0 Å². The van der Waals surface area contributed by atoms with Crippen LogP contribution in [0.5, 0.6) is 0 Å². The number of hydrogen-bond donors (Lipinski definition) is 2. The van der Waals surface area contributed by atoms with Gasteiger partial charge in [0.1, 0.15) is 5.82 Å². The Hall–Kier alpha value is -1.40. The quantitative estimate of drug-likeness (QED) is 0.303. The first-order valence-corrected chi connectivity index (χ1v) is 10.0. The molecule has 0 bridgehead atoms. The Bertz CT molecular complexity index is 624. The van der Waals surface area contributed by atoms with Crippen LogP contribution >= 0.6 is 15.9 Å². The molecule has 1 aliphatic heterocycles. The van der Waals surface area contributed by atoms with Gasteiger partial charge in [0.2, 0.25) is 0 Å². The summed E-state index contributed by atoms with van der Waals surface area (Å²) >= 11 is 3.29. The van der Waals surface area contributed by atoms with Crippen molar-refractivity contribution in [1.82, 2.24) is 15.5 Å². The lowest BCUT2D eigenvalue weighted by molar-refractivity contribution is 0.221. The predicted molar refractivity (Wildman–Crippen MR) is 111 cm³/mol. The smallest absolute Gasteiger partial charge is 0.191 e. The monoisotopic (exact) mass is 424 g/mol. The fourth-order valence-electron chi connectivity index (χ4n) is 3.22. The number of guanidine groups is 1. The van der Waals surface area contributed by atoms with E-state index < -0.39 is 0 Å². The van der Waals surface area contributed by atoms with Gasteiger partial charge in [-0.15, -0.1) is 0 Å². The Morgan fingerprint density at radius 2 is 2.12 bits per heavy atom. The molecule has 1 aromatic rings. The molecule has 0 spiro atoms. The molecule has 0 atom stereocenters. The number of aryl methyl sites for hydroxylation is 1. The van der Waals surface area contributed by atoms with Crippen molar-refractivity contribution in [1.29, 1.82) is 0 Å². The molecule has 1 fully saturated rings. The van der Waals surface area contributed by atoms with E-state index >= 15 is 0 Å². The van der Waals surface area contributed by atoms with Crippen molar-refractivity contribution in [2.45, 2.75) is 38.6 Å². The van der Waals surface area contributed by atoms with Crippen molar-refractivity contribution in [3.8, 4) is 0 Å². The van der Waals surface area contributed by atoms with Crippen LogP contribution in [0.4, 0.5) is 4.39 Å². The van der Waals surface area contributed by atoms with E-state index in [1.807, 2.05) is 12.1 Å². The summed E-state index contributed by atoms with van der Waals surface area (Å²) in [7, 11) is 1.79. The summed E-state index contributed by atoms with van der Waals surface area (Å²) in [5.74, 6) is 0.683. The van der Waals surface area contributed by atoms with Gasteiger partial charge in [-0.3, -0.25) is 9.89 Å². The Labute approximate surface area is 165 Å². The van der Waals surface area contributed by atoms with Crippen LogP contribution in [0, 0.1) is 5.82 Å². The molecular formula is C20H30BrFN4. The number of hydrogen-bond acceptors (Lipinski definition) is 2. The molecule has 0 unspecified atom stereocenters. The third-order valence-electron chi connectivity index (χ3n) is 4.58. The standard InChI is InChI=1S/C20H30BrFN4/c1-15(2)14-26-11-8-18(9-12-26)25-20(23-3)24-10-4-5-16-6-7-17(21)13-19(16)22/h6-7,13,18H,1,4-5,8-12,14H2,2-3H3,(H2,23,24,25). The van der Waals surface area contributed by atoms with Crippen molar-refractivity contribution in [2.75, 3.05) is 33.2 Å². The first-order valence-electron chi connectivity index (χ1n) is 9.25. The zero-order chi connectivity index (χ0) is 18.9. The summed E-state index contributed by atoms with van der Waals surface area (Å²) < 4.78 is 14.6. The first kappa shape index (κ1) is 20.9. The van der Waals surface area contributed by atoms with Crippen molar-refractivity contribution in [3.63, 3.8) is 0 Å². The summed E-state index contributed by atoms with van der Waals surface area (Å²) in [6.45, 7) is 10.0. The normalized spacial score (nSPS) is 16.5. The minimum Gasteiger partial charge on any atom is -0.356 e. The van der Waals surface area contributed by atoms with Gasteiger partial charge in [0.15, 0.2) is 5.96 Å². The van der Waals surface area contributed by atoms with Crippen LogP contribution in [-0.2, 0) is 6.42 Å². The Morgan fingerprint density at radius 3 is 2.73 bits per heavy atom. The lowest BCUT2D eigenvalue weighted by Crippen LogP contribution is -2.49. The molecule has 1 saturated heterocycles. The fourth-order valence-corrected chi connectivity index (χ4v) is 3.55. The number of rotatable bonds is 7. The van der Waals surface area contributed by atoms with Gasteiger partial charge in [0.25, 0.3) is 0 Å². The average molecular weight is 425 g/mol. The summed E-state index contributed by atoms with van der Waals surface area (Å²) in [6, 6.07) is 5.69. The summed E-state index contributed by atoms with van der Waals surface area (Å²) in [6.07, 6.45) is 3.79. The maximum Gasteiger partial charge on any atom is 0.191 e. The van der Waals surface area contributed by atoms with E-state index in [9.17, 15) is 4.39 Å². The molecule has 0 aromatic heterocycles. The van der Waals surface area contributed by atoms with Gasteiger partial charge in [0, 0.05) is 43.7 Å². The third-order valence-corrected chi connectivity index (χ3v) is 5.07. The van der Waals surface area contributed by atoms with Crippen molar-refractivity contribution in [2.24, 2.45) is 4.99 Å². The second-order valence-corrected chi connectivity index (χ2v) is 7.91. The number of piperidine rings is 1. The van der Waals surface area contributed by atoms with E-state index in [0.29, 0.717) is 12.5 Å². The highest BCUT2D eigenvalue weighted by molar-refractivity contribution is 9.10. The minimum absolute atomic E-state index is 0.150. The number of benzene rings is 1. The van der Waals surface area contributed by atoms with Crippen LogP contribution < -0.4 is 10.6 Å². The fraction of sp³-hybridized carbons (Fsp3) is 0.550. The van der Waals surface area contributed by atoms with E-state index in [2.05, 4.69) is 50.0 Å². The van der Waals surface area contributed by atoms with E-state index in [1.54, 1.807) is 7.05 Å². The predicted octanol–water partition coefficient (Wildman–Crippen LogP) is 3.73. The van der Waals surface area contributed by atoms with E-state index in [1.165, 1.54) is 11.6 Å². The van der Waals surface area contributed by atoms with Gasteiger partial charge in [0.05, 0.1) is 0 Å². The van der Waals surface area contributed by atoms with Crippen LogP contribution in [0.15, 0.2) is 39.8 Å². The topological polar surface area (TPSA) is 39.7 Å². The summed E-state index contributed by atoms with van der Waals surface area (Å²) in [4.78, 5) is 6.76. The van der Waals surface area contributed by atoms with Crippen LogP contribution in [0.3, 0.4) is 0 Å². The van der Waals surface area contributed by atoms with Crippen molar-refractivity contribution >= 4 is 21.9 Å². The second-order valence-electron chi connectivity index (χ2n) is 6.99. The van der Waals surface area contributed by atoms with Crippen LogP contribution in [0.25, 0.3) is 0 Å². The van der Waals surface area contributed by atoms with Crippen LogP contribution in [-0.4, -0.2) is 50.1 Å². The van der Waals surface area contributed by atoms with Crippen LogP contribution in [0.1, 0.15) is 31.7 Å². The largest absolute Gasteiger partial charge is 0.356 e. The number of nitrogens with zero attached hydrogens (tertiary/aromatic N) is 2. The van der Waals surface area contributed by atoms with Crippen molar-refractivity contribution < 1.29 is 4.39 Å². The maximum absolute atomic E-state index is 13.8. The number of aliphatic imine (C=N–C) groups is 1. The van der Waals surface area contributed by atoms with Gasteiger partial charge in [-0.25, -0.2) is 4.39 Å². The number of likely N-dealkylation sites (tertiary alicyclic amines) is 1. The molecule has 6 heteroatoms. The zero-order valence-electron chi connectivity index (χ0n) is 15.8. The number of halogens is 2. The molecule has 2 rings (SSSR count). The second kappa shape index (κ2) is 10.7. The van der Waals surface area contributed by atoms with Gasteiger partial charge in [-0.1, -0.05) is 34.1 Å². The molecule has 0 aliphatic carbocycles. The average Bonchev–Trinajstić information content (AvgIpc) is 2.60. The maximum atomic E-state index is 13.8. The molecule has 1 aliphatic rings. The first-order chi connectivity index (χ1) is 12.5. The third kappa shape index (κ3) is 7.08. The van der Waals surface area contributed by atoms with Gasteiger partial charge in [-0.05, 0) is 50.3 Å². The van der Waals surface area contributed by atoms with Gasteiger partial charge in [-0.2, -0.15) is 0 Å². The van der Waals surface area contributed by atoms with E-state index in [-0.39, 0.29) is 5.82 Å². The minimum atomic E-state index is -0.150. The number of nitrogens with one attached hydrogen (secondary N) is 2. The van der Waals surface area contributed by atoms with Crippen molar-refractivity contribution in [3.05, 3.63) is 46.2 Å². The van der Waals surface area contributed by atoms with Gasteiger partial charge < -0.3 is 10.6 Å². The molecule has 0 saturated carbocycles. The Balaban J connectivity index is 1.67.